The number of carbonyl (C=O) groups excluding carboxylic acids is 1. The molecular weight excluding hydrogens is 457 g/mol. The second kappa shape index (κ2) is 9.90. The minimum absolute atomic E-state index is 0.00863. The van der Waals surface area contributed by atoms with Crippen LogP contribution in [0, 0.1) is 6.92 Å². The highest BCUT2D eigenvalue weighted by Gasteiger charge is 2.33. The zero-order chi connectivity index (χ0) is 24.1. The molecule has 7 nitrogen and oxygen atoms in total. The number of hydrogen-bond acceptors (Lipinski definition) is 5. The third-order valence-corrected chi connectivity index (χ3v) is 5.91. The van der Waals surface area contributed by atoms with Gasteiger partial charge in [0.15, 0.2) is 0 Å². The fourth-order valence-electron chi connectivity index (χ4n) is 2.87. The van der Waals surface area contributed by atoms with Crippen molar-refractivity contribution in [1.29, 1.82) is 0 Å². The van der Waals surface area contributed by atoms with Crippen molar-refractivity contribution in [3.63, 3.8) is 0 Å². The second-order valence-electron chi connectivity index (χ2n) is 7.08. The van der Waals surface area contributed by atoms with Gasteiger partial charge >= 0.3 is 6.18 Å². The Kier molecular flexibility index (Phi) is 7.22. The van der Waals surface area contributed by atoms with E-state index in [0.29, 0.717) is 5.69 Å². The Bertz CT molecular complexity index is 1230. The van der Waals surface area contributed by atoms with Gasteiger partial charge in [-0.3, -0.25) is 9.52 Å². The maximum Gasteiger partial charge on any atom is 0.419 e. The first-order chi connectivity index (χ1) is 15.6. The fraction of sp³-hybridized carbons (Fsp3) is 0.182. The number of sulfonamides is 1. The molecule has 174 valence electrons. The molecule has 3 aromatic rings. The first kappa shape index (κ1) is 24.1. The number of rotatable bonds is 8. The van der Waals surface area contributed by atoms with Crippen LogP contribution >= 0.6 is 0 Å². The van der Waals surface area contributed by atoms with Crippen LogP contribution in [0.25, 0.3) is 0 Å². The largest absolute Gasteiger partial charge is 0.419 e. The van der Waals surface area contributed by atoms with Crippen molar-refractivity contribution in [2.45, 2.75) is 18.0 Å². The number of pyridine rings is 1. The summed E-state index contributed by atoms with van der Waals surface area (Å²) in [5.74, 6) is -0.907. The summed E-state index contributed by atoms with van der Waals surface area (Å²) < 4.78 is 66.7. The van der Waals surface area contributed by atoms with E-state index in [0.717, 1.165) is 11.6 Å². The predicted octanol–water partition coefficient (Wildman–Crippen LogP) is 4.05. The first-order valence-electron chi connectivity index (χ1n) is 9.80. The molecule has 0 unspecified atom stereocenters. The van der Waals surface area contributed by atoms with Gasteiger partial charge in [0.25, 0.3) is 15.9 Å². The van der Waals surface area contributed by atoms with Gasteiger partial charge in [-0.1, -0.05) is 23.8 Å². The molecule has 1 amide bonds. The van der Waals surface area contributed by atoms with Crippen molar-refractivity contribution >= 4 is 27.4 Å². The van der Waals surface area contributed by atoms with Crippen LogP contribution in [0.2, 0.25) is 0 Å². The highest BCUT2D eigenvalue weighted by molar-refractivity contribution is 7.92. The topological polar surface area (TPSA) is 100 Å². The number of benzene rings is 2. The highest BCUT2D eigenvalue weighted by Crippen LogP contribution is 2.33. The number of aromatic nitrogens is 1. The lowest BCUT2D eigenvalue weighted by atomic mass is 10.2. The lowest BCUT2D eigenvalue weighted by Gasteiger charge is -2.13. The zero-order valence-corrected chi connectivity index (χ0v) is 18.3. The molecule has 3 rings (SSSR count). The van der Waals surface area contributed by atoms with Gasteiger partial charge in [0.05, 0.1) is 10.5 Å². The van der Waals surface area contributed by atoms with Crippen LogP contribution in [0.5, 0.6) is 0 Å². The molecule has 0 atom stereocenters. The molecule has 0 fully saturated rings. The van der Waals surface area contributed by atoms with Crippen LogP contribution < -0.4 is 15.4 Å². The predicted molar refractivity (Wildman–Crippen MR) is 118 cm³/mol. The molecule has 0 saturated heterocycles. The molecule has 1 heterocycles. The molecule has 11 heteroatoms. The lowest BCUT2D eigenvalue weighted by molar-refractivity contribution is -0.137. The van der Waals surface area contributed by atoms with E-state index in [-0.39, 0.29) is 29.4 Å². The van der Waals surface area contributed by atoms with Gasteiger partial charge in [-0.25, -0.2) is 13.4 Å². The molecule has 0 radical (unpaired) electrons. The maximum absolute atomic E-state index is 13.0. The van der Waals surface area contributed by atoms with Crippen LogP contribution in [0.1, 0.15) is 21.5 Å². The minimum Gasteiger partial charge on any atom is -0.368 e. The van der Waals surface area contributed by atoms with Gasteiger partial charge < -0.3 is 10.6 Å². The molecule has 0 spiro atoms. The van der Waals surface area contributed by atoms with Gasteiger partial charge in [-0.15, -0.1) is 0 Å². The van der Waals surface area contributed by atoms with E-state index in [4.69, 9.17) is 0 Å². The van der Waals surface area contributed by atoms with Gasteiger partial charge in [-0.05, 0) is 49.4 Å². The summed E-state index contributed by atoms with van der Waals surface area (Å²) in [6.45, 7) is 1.85. The van der Waals surface area contributed by atoms with Crippen LogP contribution in [0.4, 0.5) is 24.7 Å². The van der Waals surface area contributed by atoms with Crippen molar-refractivity contribution in [3.05, 3.63) is 83.6 Å². The lowest BCUT2D eigenvalue weighted by Crippen LogP contribution is -2.29. The fourth-order valence-corrected chi connectivity index (χ4v) is 3.98. The molecule has 2 aromatic carbocycles. The van der Waals surface area contributed by atoms with E-state index in [1.54, 1.807) is 24.3 Å². The molecule has 0 bridgehead atoms. The summed E-state index contributed by atoms with van der Waals surface area (Å²) in [5.41, 5.74) is 0.545. The Morgan fingerprint density at radius 1 is 1.00 bits per heavy atom. The maximum atomic E-state index is 13.0. The molecule has 0 saturated carbocycles. The van der Waals surface area contributed by atoms with Crippen LogP contribution in [-0.4, -0.2) is 32.4 Å². The number of nitrogens with one attached hydrogen (secondary N) is 3. The summed E-state index contributed by atoms with van der Waals surface area (Å²) >= 11 is 0. The van der Waals surface area contributed by atoms with E-state index in [1.165, 1.54) is 36.5 Å². The van der Waals surface area contributed by atoms with E-state index in [9.17, 15) is 26.4 Å². The SMILES string of the molecule is Cc1ccc(NS(=O)(=O)c2cccc(C(=O)NCCNc3ncccc3C(F)(F)F)c2)cc1. The number of hydrogen-bond donors (Lipinski definition) is 3. The minimum atomic E-state index is -4.56. The standard InChI is InChI=1S/C22H21F3N4O3S/c1-15-7-9-17(10-8-15)29-33(31,32)18-5-2-4-16(14-18)21(30)28-13-12-27-20-19(22(23,24)25)6-3-11-26-20/h2-11,14,29H,12-13H2,1H3,(H,26,27)(H,28,30). The summed E-state index contributed by atoms with van der Waals surface area (Å²) in [7, 11) is -3.92. The third-order valence-electron chi connectivity index (χ3n) is 4.53. The van der Waals surface area contributed by atoms with E-state index in [2.05, 4.69) is 20.3 Å². The molecule has 0 aliphatic rings. The van der Waals surface area contributed by atoms with Crippen molar-refractivity contribution in [1.82, 2.24) is 10.3 Å². The molecule has 3 N–H and O–H groups in total. The third kappa shape index (κ3) is 6.45. The van der Waals surface area contributed by atoms with Crippen molar-refractivity contribution in [2.24, 2.45) is 0 Å². The van der Waals surface area contributed by atoms with Crippen LogP contribution in [0.15, 0.2) is 71.8 Å². The van der Waals surface area contributed by atoms with Crippen LogP contribution in [0.3, 0.4) is 0 Å². The Morgan fingerprint density at radius 3 is 2.42 bits per heavy atom. The first-order valence-corrected chi connectivity index (χ1v) is 11.3. The monoisotopic (exact) mass is 478 g/mol. The molecule has 1 aromatic heterocycles. The number of halogens is 3. The average molecular weight is 478 g/mol. The van der Waals surface area contributed by atoms with E-state index in [1.807, 2.05) is 6.92 Å². The molecule has 33 heavy (non-hydrogen) atoms. The van der Waals surface area contributed by atoms with Gasteiger partial charge in [0, 0.05) is 30.5 Å². The second-order valence-corrected chi connectivity index (χ2v) is 8.76. The number of amides is 1. The molecule has 0 aliphatic carbocycles. The number of nitrogens with zero attached hydrogens (tertiary/aromatic N) is 1. The quantitative estimate of drug-likeness (QED) is 0.424. The number of alkyl halides is 3. The smallest absolute Gasteiger partial charge is 0.368 e. The Labute approximate surface area is 189 Å². The number of carbonyl (C=O) groups is 1. The summed E-state index contributed by atoms with van der Waals surface area (Å²) in [5, 5.41) is 5.08. The highest BCUT2D eigenvalue weighted by atomic mass is 32.2. The zero-order valence-electron chi connectivity index (χ0n) is 17.5. The number of aryl methyl sites for hydroxylation is 1. The van der Waals surface area contributed by atoms with Gasteiger partial charge in [0.2, 0.25) is 0 Å². The van der Waals surface area contributed by atoms with Crippen LogP contribution in [-0.2, 0) is 16.2 Å². The normalized spacial score (nSPS) is 11.6. The number of anilines is 2. The van der Waals surface area contributed by atoms with Crippen molar-refractivity contribution < 1.29 is 26.4 Å². The van der Waals surface area contributed by atoms with Crippen molar-refractivity contribution in [3.8, 4) is 0 Å². The Morgan fingerprint density at radius 2 is 1.73 bits per heavy atom. The average Bonchev–Trinajstić information content (AvgIpc) is 2.78. The van der Waals surface area contributed by atoms with Gasteiger partial charge in [0.1, 0.15) is 5.82 Å². The van der Waals surface area contributed by atoms with Gasteiger partial charge in [-0.2, -0.15) is 13.2 Å². The summed E-state index contributed by atoms with van der Waals surface area (Å²) in [6.07, 6.45) is -3.33. The molecular formula is C22H21F3N4O3S. The summed E-state index contributed by atoms with van der Waals surface area (Å²) in [4.78, 5) is 16.0. The Hall–Kier alpha value is -3.60. The van der Waals surface area contributed by atoms with E-state index >= 15 is 0 Å². The molecule has 0 aliphatic heterocycles. The van der Waals surface area contributed by atoms with Crippen molar-refractivity contribution in [2.75, 3.05) is 23.1 Å². The van der Waals surface area contributed by atoms with E-state index < -0.39 is 27.7 Å². The summed E-state index contributed by atoms with van der Waals surface area (Å²) in [6, 6.07) is 14.3. The Balaban J connectivity index is 1.60.